The van der Waals surface area contributed by atoms with Gasteiger partial charge < -0.3 is 15.7 Å². The minimum Gasteiger partial charge on any atom is -0.389 e. The Morgan fingerprint density at radius 2 is 1.52 bits per heavy atom. The summed E-state index contributed by atoms with van der Waals surface area (Å²) in [5.41, 5.74) is 1.23. The van der Waals surface area contributed by atoms with Crippen molar-refractivity contribution in [1.82, 2.24) is 0 Å². The van der Waals surface area contributed by atoms with Crippen LogP contribution in [0.3, 0.4) is 0 Å². The van der Waals surface area contributed by atoms with Gasteiger partial charge in [-0.15, -0.1) is 0 Å². The molecule has 0 radical (unpaired) electrons. The third-order valence-electron chi connectivity index (χ3n) is 2.77. The summed E-state index contributed by atoms with van der Waals surface area (Å²) in [6.45, 7) is 1.63. The Balaban J connectivity index is 2.01. The molecule has 0 saturated carbocycles. The Labute approximate surface area is 120 Å². The van der Waals surface area contributed by atoms with E-state index in [1.54, 1.807) is 31.2 Å². The maximum atomic E-state index is 13.0. The van der Waals surface area contributed by atoms with E-state index < -0.39 is 23.8 Å². The minimum absolute atomic E-state index is 0.0191. The predicted octanol–water partition coefficient (Wildman–Crippen LogP) is 3.66. The number of hydrogen-bond donors (Lipinski definition) is 3. The lowest BCUT2D eigenvalue weighted by atomic mass is 10.1. The summed E-state index contributed by atoms with van der Waals surface area (Å²) in [5, 5.41) is 14.2. The molecule has 0 fully saturated rings. The van der Waals surface area contributed by atoms with Gasteiger partial charge in [-0.25, -0.2) is 13.6 Å². The van der Waals surface area contributed by atoms with Crippen molar-refractivity contribution in [2.24, 2.45) is 0 Å². The third kappa shape index (κ3) is 4.25. The summed E-state index contributed by atoms with van der Waals surface area (Å²) in [5.74, 6) is -1.54. The zero-order valence-corrected chi connectivity index (χ0v) is 11.2. The maximum Gasteiger partial charge on any atom is 0.323 e. The van der Waals surface area contributed by atoms with Crippen LogP contribution >= 0.6 is 0 Å². The van der Waals surface area contributed by atoms with E-state index in [9.17, 15) is 18.7 Å². The molecule has 2 rings (SSSR count). The van der Waals surface area contributed by atoms with Crippen molar-refractivity contribution >= 4 is 17.4 Å². The highest BCUT2D eigenvalue weighted by Crippen LogP contribution is 2.17. The van der Waals surface area contributed by atoms with Crippen LogP contribution in [0.5, 0.6) is 0 Å². The zero-order valence-electron chi connectivity index (χ0n) is 11.2. The normalized spacial score (nSPS) is 11.8. The number of aliphatic hydroxyl groups excluding tert-OH is 1. The quantitative estimate of drug-likeness (QED) is 0.808. The molecule has 0 aliphatic carbocycles. The summed E-state index contributed by atoms with van der Waals surface area (Å²) < 4.78 is 26.0. The van der Waals surface area contributed by atoms with Crippen molar-refractivity contribution in [2.45, 2.75) is 13.0 Å². The minimum atomic E-state index is -0.772. The van der Waals surface area contributed by atoms with Crippen LogP contribution in [0.15, 0.2) is 42.5 Å². The number of halogens is 2. The summed E-state index contributed by atoms with van der Waals surface area (Å²) in [6.07, 6.45) is -0.594. The standard InChI is InChI=1S/C15H14F2N2O2/c1-9(20)10-2-4-13(5-3-10)18-15(21)19-14-7-11(16)6-12(17)8-14/h2-9,20H,1H3,(H2,18,19,21). The highest BCUT2D eigenvalue weighted by atomic mass is 19.1. The van der Waals surface area contributed by atoms with E-state index in [4.69, 9.17) is 0 Å². The predicted molar refractivity (Wildman–Crippen MR) is 76.1 cm³/mol. The Kier molecular flexibility index (Phi) is 4.49. The topological polar surface area (TPSA) is 61.4 Å². The second kappa shape index (κ2) is 6.32. The molecular weight excluding hydrogens is 278 g/mol. The highest BCUT2D eigenvalue weighted by Gasteiger charge is 2.06. The lowest BCUT2D eigenvalue weighted by molar-refractivity contribution is 0.199. The van der Waals surface area contributed by atoms with Crippen LogP contribution in [-0.4, -0.2) is 11.1 Å². The SMILES string of the molecule is CC(O)c1ccc(NC(=O)Nc2cc(F)cc(F)c2)cc1. The molecule has 3 N–H and O–H groups in total. The number of urea groups is 1. The Morgan fingerprint density at radius 1 is 1.00 bits per heavy atom. The lowest BCUT2D eigenvalue weighted by Gasteiger charge is -2.09. The number of carbonyl (C=O) groups is 1. The number of carbonyl (C=O) groups excluding carboxylic acids is 1. The first-order chi connectivity index (χ1) is 9.94. The molecular formula is C15H14F2N2O2. The van der Waals surface area contributed by atoms with Crippen molar-refractivity contribution in [1.29, 1.82) is 0 Å². The Bertz CT molecular complexity index is 622. The van der Waals surface area contributed by atoms with Gasteiger partial charge in [-0.3, -0.25) is 0 Å². The molecule has 1 atom stereocenters. The highest BCUT2D eigenvalue weighted by molar-refractivity contribution is 5.99. The van der Waals surface area contributed by atoms with E-state index in [1.807, 2.05) is 0 Å². The third-order valence-corrected chi connectivity index (χ3v) is 2.77. The van der Waals surface area contributed by atoms with Crippen molar-refractivity contribution in [3.05, 3.63) is 59.7 Å². The fourth-order valence-electron chi connectivity index (χ4n) is 1.76. The van der Waals surface area contributed by atoms with E-state index in [0.717, 1.165) is 18.2 Å². The van der Waals surface area contributed by atoms with Gasteiger partial charge in [0.2, 0.25) is 0 Å². The maximum absolute atomic E-state index is 13.0. The zero-order chi connectivity index (χ0) is 15.4. The van der Waals surface area contributed by atoms with Gasteiger partial charge in [0.15, 0.2) is 0 Å². The van der Waals surface area contributed by atoms with Gasteiger partial charge in [-0.2, -0.15) is 0 Å². The molecule has 0 aliphatic rings. The molecule has 0 saturated heterocycles. The molecule has 2 aromatic rings. The molecule has 6 heteroatoms. The Morgan fingerprint density at radius 3 is 2.05 bits per heavy atom. The first-order valence-corrected chi connectivity index (χ1v) is 6.26. The number of benzene rings is 2. The van der Waals surface area contributed by atoms with Gasteiger partial charge >= 0.3 is 6.03 Å². The molecule has 2 amide bonds. The summed E-state index contributed by atoms with van der Waals surface area (Å²) in [6, 6.07) is 8.70. The molecule has 21 heavy (non-hydrogen) atoms. The van der Waals surface area contributed by atoms with E-state index in [0.29, 0.717) is 11.3 Å². The van der Waals surface area contributed by atoms with Crippen LogP contribution in [-0.2, 0) is 0 Å². The summed E-state index contributed by atoms with van der Waals surface area (Å²) >= 11 is 0. The van der Waals surface area contributed by atoms with Crippen molar-refractivity contribution in [2.75, 3.05) is 10.6 Å². The average Bonchev–Trinajstić information content (AvgIpc) is 2.37. The smallest absolute Gasteiger partial charge is 0.323 e. The van der Waals surface area contributed by atoms with Crippen LogP contribution < -0.4 is 10.6 Å². The van der Waals surface area contributed by atoms with Gasteiger partial charge in [-0.05, 0) is 36.8 Å². The van der Waals surface area contributed by atoms with E-state index in [2.05, 4.69) is 10.6 Å². The van der Waals surface area contributed by atoms with E-state index in [-0.39, 0.29) is 5.69 Å². The van der Waals surface area contributed by atoms with E-state index >= 15 is 0 Å². The molecule has 0 heterocycles. The van der Waals surface area contributed by atoms with Crippen molar-refractivity contribution < 1.29 is 18.7 Å². The monoisotopic (exact) mass is 292 g/mol. The fraction of sp³-hybridized carbons (Fsp3) is 0.133. The van der Waals surface area contributed by atoms with Crippen LogP contribution in [0.1, 0.15) is 18.6 Å². The lowest BCUT2D eigenvalue weighted by Crippen LogP contribution is -2.19. The van der Waals surface area contributed by atoms with Crippen molar-refractivity contribution in [3.8, 4) is 0 Å². The number of nitrogens with one attached hydrogen (secondary N) is 2. The summed E-state index contributed by atoms with van der Waals surface area (Å²) in [4.78, 5) is 11.7. The second-order valence-corrected chi connectivity index (χ2v) is 4.54. The van der Waals surface area contributed by atoms with Crippen LogP contribution in [0, 0.1) is 11.6 Å². The molecule has 4 nitrogen and oxygen atoms in total. The number of aliphatic hydroxyl groups is 1. The number of hydrogen-bond acceptors (Lipinski definition) is 2. The number of amides is 2. The van der Waals surface area contributed by atoms with Gasteiger partial charge in [0.25, 0.3) is 0 Å². The van der Waals surface area contributed by atoms with Crippen LogP contribution in [0.2, 0.25) is 0 Å². The van der Waals surface area contributed by atoms with Crippen LogP contribution in [0.25, 0.3) is 0 Å². The molecule has 0 aromatic heterocycles. The summed E-state index contributed by atoms with van der Waals surface area (Å²) in [7, 11) is 0. The van der Waals surface area contributed by atoms with E-state index in [1.165, 1.54) is 0 Å². The number of anilines is 2. The fourth-order valence-corrected chi connectivity index (χ4v) is 1.76. The molecule has 0 aliphatic heterocycles. The molecule has 0 spiro atoms. The molecule has 0 bridgehead atoms. The largest absolute Gasteiger partial charge is 0.389 e. The van der Waals surface area contributed by atoms with Gasteiger partial charge in [0.1, 0.15) is 11.6 Å². The molecule has 1 unspecified atom stereocenters. The van der Waals surface area contributed by atoms with Gasteiger partial charge in [-0.1, -0.05) is 12.1 Å². The number of rotatable bonds is 3. The first-order valence-electron chi connectivity index (χ1n) is 6.26. The molecule has 110 valence electrons. The second-order valence-electron chi connectivity index (χ2n) is 4.54. The average molecular weight is 292 g/mol. The van der Waals surface area contributed by atoms with Gasteiger partial charge in [0.05, 0.1) is 6.10 Å². The molecule has 2 aromatic carbocycles. The first kappa shape index (κ1) is 14.9. The van der Waals surface area contributed by atoms with Crippen molar-refractivity contribution in [3.63, 3.8) is 0 Å². The van der Waals surface area contributed by atoms with Gasteiger partial charge in [0, 0.05) is 17.4 Å². The van der Waals surface area contributed by atoms with Crippen LogP contribution in [0.4, 0.5) is 25.0 Å². The Hall–Kier alpha value is -2.47.